The van der Waals surface area contributed by atoms with E-state index in [1.807, 2.05) is 0 Å². The quantitative estimate of drug-likeness (QED) is 0.273. The topological polar surface area (TPSA) is 0 Å². The fourth-order valence-electron chi connectivity index (χ4n) is 3.84. The van der Waals surface area contributed by atoms with E-state index in [-0.39, 0.29) is 0 Å². The summed E-state index contributed by atoms with van der Waals surface area (Å²) < 4.78 is 0. The molecule has 0 aliphatic rings. The van der Waals surface area contributed by atoms with Crippen molar-refractivity contribution in [2.24, 2.45) is 0 Å². The van der Waals surface area contributed by atoms with Gasteiger partial charge in [-0.15, -0.1) is 0 Å². The first-order valence-corrected chi connectivity index (χ1v) is 12.8. The zero-order valence-corrected chi connectivity index (χ0v) is 20.5. The van der Waals surface area contributed by atoms with Crippen LogP contribution in [0.15, 0.2) is 48.5 Å². The fraction of sp³-hybridized carbons (Fsp3) is 0.600. The molecule has 0 bridgehead atoms. The highest BCUT2D eigenvalue weighted by Crippen LogP contribution is 2.12. The van der Waals surface area contributed by atoms with E-state index in [0.717, 1.165) is 0 Å². The summed E-state index contributed by atoms with van der Waals surface area (Å²) in [5.41, 5.74) is 5.75. The van der Waals surface area contributed by atoms with Gasteiger partial charge in [-0.2, -0.15) is 0 Å². The van der Waals surface area contributed by atoms with E-state index in [0.29, 0.717) is 0 Å². The molecular formula is C30H48. The van der Waals surface area contributed by atoms with Gasteiger partial charge in [-0.05, 0) is 50.7 Å². The third kappa shape index (κ3) is 14.4. The first-order chi connectivity index (χ1) is 14.7. The Kier molecular flexibility index (Phi) is 16.1. The summed E-state index contributed by atoms with van der Waals surface area (Å²) in [7, 11) is 0. The normalized spacial score (nSPS) is 10.5. The summed E-state index contributed by atoms with van der Waals surface area (Å²) in [6.45, 7) is 8.86. The van der Waals surface area contributed by atoms with Crippen LogP contribution in [0.3, 0.4) is 0 Å². The molecule has 2 aromatic rings. The molecule has 0 saturated carbocycles. The molecule has 0 amide bonds. The number of unbranched alkanes of at least 4 members (excludes halogenated alkanes) is 10. The van der Waals surface area contributed by atoms with E-state index in [4.69, 9.17) is 0 Å². The number of hydrogen-bond donors (Lipinski definition) is 0. The van der Waals surface area contributed by atoms with Crippen molar-refractivity contribution in [3.05, 3.63) is 70.8 Å². The molecule has 0 saturated heterocycles. The molecule has 2 aromatic carbocycles. The highest BCUT2D eigenvalue weighted by Gasteiger charge is 1.95. The Balaban J connectivity index is 0.000000300. The second-order valence-corrected chi connectivity index (χ2v) is 9.01. The average Bonchev–Trinajstić information content (AvgIpc) is 2.75. The van der Waals surface area contributed by atoms with Crippen molar-refractivity contribution in [3.63, 3.8) is 0 Å². The zero-order valence-electron chi connectivity index (χ0n) is 20.5. The zero-order chi connectivity index (χ0) is 21.9. The molecule has 0 heterocycles. The Morgan fingerprint density at radius 1 is 0.467 bits per heavy atom. The second kappa shape index (κ2) is 18.2. The SMILES string of the molecule is CCCCCCCCc1ccc(C)cc1.CCCCCCCCc1cccc(C)c1. The average molecular weight is 409 g/mol. The molecule has 0 unspecified atom stereocenters. The van der Waals surface area contributed by atoms with Gasteiger partial charge in [-0.1, -0.05) is 138 Å². The molecule has 168 valence electrons. The molecule has 0 heteroatoms. The van der Waals surface area contributed by atoms with Gasteiger partial charge in [0.25, 0.3) is 0 Å². The van der Waals surface area contributed by atoms with Crippen molar-refractivity contribution >= 4 is 0 Å². The van der Waals surface area contributed by atoms with Crippen LogP contribution in [0.5, 0.6) is 0 Å². The van der Waals surface area contributed by atoms with Crippen molar-refractivity contribution in [2.75, 3.05) is 0 Å². The van der Waals surface area contributed by atoms with Crippen LogP contribution in [-0.4, -0.2) is 0 Å². The maximum absolute atomic E-state index is 2.31. The first-order valence-electron chi connectivity index (χ1n) is 12.8. The number of aryl methyl sites for hydroxylation is 4. The number of benzene rings is 2. The second-order valence-electron chi connectivity index (χ2n) is 9.01. The molecule has 0 fully saturated rings. The summed E-state index contributed by atoms with van der Waals surface area (Å²) in [6, 6.07) is 17.9. The van der Waals surface area contributed by atoms with E-state index < -0.39 is 0 Å². The third-order valence-corrected chi connectivity index (χ3v) is 5.84. The Hall–Kier alpha value is -1.56. The summed E-state index contributed by atoms with van der Waals surface area (Å²) in [6.07, 6.45) is 19.2. The molecule has 0 nitrogen and oxygen atoms in total. The molecule has 0 aliphatic carbocycles. The highest BCUT2D eigenvalue weighted by atomic mass is 14.0. The predicted molar refractivity (Wildman–Crippen MR) is 137 cm³/mol. The van der Waals surface area contributed by atoms with Gasteiger partial charge < -0.3 is 0 Å². The van der Waals surface area contributed by atoms with Crippen molar-refractivity contribution in [2.45, 2.75) is 118 Å². The lowest BCUT2D eigenvalue weighted by Crippen LogP contribution is -1.86. The summed E-state index contributed by atoms with van der Waals surface area (Å²) in [5.74, 6) is 0. The van der Waals surface area contributed by atoms with Crippen LogP contribution in [0.4, 0.5) is 0 Å². The van der Waals surface area contributed by atoms with E-state index >= 15 is 0 Å². The standard InChI is InChI=1S/2C15H24/c1-3-4-5-6-7-8-11-15-12-9-10-14(2)13-15;1-3-4-5-6-7-8-9-15-12-10-14(2)11-13-15/h9-10,12-13H,3-8,11H2,1-2H3;10-13H,3-9H2,1-2H3. The van der Waals surface area contributed by atoms with Gasteiger partial charge in [-0.3, -0.25) is 0 Å². The smallest absolute Gasteiger partial charge is 0.0279 e. The Morgan fingerprint density at radius 2 is 0.967 bits per heavy atom. The molecule has 2 rings (SSSR count). The van der Waals surface area contributed by atoms with Gasteiger partial charge in [0, 0.05) is 0 Å². The predicted octanol–water partition coefficient (Wildman–Crippen LogP) is 9.80. The largest absolute Gasteiger partial charge is 0.0654 e. The Bertz CT molecular complexity index is 623. The molecule has 0 aliphatic heterocycles. The van der Waals surface area contributed by atoms with Gasteiger partial charge in [0.2, 0.25) is 0 Å². The number of hydrogen-bond acceptors (Lipinski definition) is 0. The first kappa shape index (κ1) is 26.5. The summed E-state index contributed by atoms with van der Waals surface area (Å²) in [4.78, 5) is 0. The molecular weight excluding hydrogens is 360 g/mol. The third-order valence-electron chi connectivity index (χ3n) is 5.84. The highest BCUT2D eigenvalue weighted by molar-refractivity contribution is 5.22. The van der Waals surface area contributed by atoms with Crippen LogP contribution in [-0.2, 0) is 12.8 Å². The molecule has 0 N–H and O–H groups in total. The monoisotopic (exact) mass is 408 g/mol. The maximum atomic E-state index is 2.31. The summed E-state index contributed by atoms with van der Waals surface area (Å²) >= 11 is 0. The van der Waals surface area contributed by atoms with Crippen LogP contribution in [0.1, 0.15) is 113 Å². The lowest BCUT2D eigenvalue weighted by Gasteiger charge is -2.02. The van der Waals surface area contributed by atoms with Gasteiger partial charge in [-0.25, -0.2) is 0 Å². The van der Waals surface area contributed by atoms with Crippen molar-refractivity contribution in [3.8, 4) is 0 Å². The van der Waals surface area contributed by atoms with Crippen molar-refractivity contribution < 1.29 is 0 Å². The van der Waals surface area contributed by atoms with Crippen molar-refractivity contribution in [1.82, 2.24) is 0 Å². The van der Waals surface area contributed by atoms with Crippen LogP contribution in [0, 0.1) is 13.8 Å². The fourth-order valence-corrected chi connectivity index (χ4v) is 3.84. The van der Waals surface area contributed by atoms with E-state index in [2.05, 4.69) is 76.2 Å². The van der Waals surface area contributed by atoms with Crippen LogP contribution in [0.25, 0.3) is 0 Å². The van der Waals surface area contributed by atoms with Gasteiger partial charge in [0.1, 0.15) is 0 Å². The maximum Gasteiger partial charge on any atom is -0.0279 e. The minimum Gasteiger partial charge on any atom is -0.0654 e. The molecule has 30 heavy (non-hydrogen) atoms. The summed E-state index contributed by atoms with van der Waals surface area (Å²) in [5, 5.41) is 0. The van der Waals surface area contributed by atoms with Gasteiger partial charge in [0.05, 0.1) is 0 Å². The van der Waals surface area contributed by atoms with Crippen molar-refractivity contribution in [1.29, 1.82) is 0 Å². The minimum absolute atomic E-state index is 1.26. The van der Waals surface area contributed by atoms with Crippen LogP contribution in [0.2, 0.25) is 0 Å². The molecule has 0 spiro atoms. The number of rotatable bonds is 14. The van der Waals surface area contributed by atoms with E-state index in [9.17, 15) is 0 Å². The molecule has 0 atom stereocenters. The van der Waals surface area contributed by atoms with Gasteiger partial charge in [0.15, 0.2) is 0 Å². The van der Waals surface area contributed by atoms with Gasteiger partial charge >= 0.3 is 0 Å². The van der Waals surface area contributed by atoms with Crippen LogP contribution < -0.4 is 0 Å². The molecule has 0 radical (unpaired) electrons. The lowest BCUT2D eigenvalue weighted by molar-refractivity contribution is 0.607. The molecule has 0 aromatic heterocycles. The Labute approximate surface area is 188 Å². The Morgan fingerprint density at radius 3 is 1.50 bits per heavy atom. The minimum atomic E-state index is 1.26. The van der Waals surface area contributed by atoms with E-state index in [1.165, 1.54) is 112 Å². The lowest BCUT2D eigenvalue weighted by atomic mass is 10.0. The van der Waals surface area contributed by atoms with E-state index in [1.54, 1.807) is 0 Å². The van der Waals surface area contributed by atoms with Crippen LogP contribution >= 0.6 is 0 Å².